The maximum absolute atomic E-state index is 13.0. The van der Waals surface area contributed by atoms with Gasteiger partial charge in [-0.15, -0.1) is 11.3 Å². The van der Waals surface area contributed by atoms with Crippen molar-refractivity contribution in [2.75, 3.05) is 26.2 Å². The molecule has 1 aromatic carbocycles. The topological polar surface area (TPSA) is 32.3 Å². The third-order valence-electron chi connectivity index (χ3n) is 5.66. The summed E-state index contributed by atoms with van der Waals surface area (Å²) in [6, 6.07) is 9.88. The van der Waals surface area contributed by atoms with Gasteiger partial charge in [-0.3, -0.25) is 4.79 Å². The summed E-state index contributed by atoms with van der Waals surface area (Å²) in [4.78, 5) is 17.0. The number of halogens is 1. The van der Waals surface area contributed by atoms with Gasteiger partial charge in [-0.1, -0.05) is 23.7 Å². The molecule has 0 unspecified atom stereocenters. The Bertz CT molecular complexity index is 785. The first-order valence-electron chi connectivity index (χ1n) is 8.93. The molecule has 2 fully saturated rings. The molecule has 0 aliphatic carbocycles. The van der Waals surface area contributed by atoms with Crippen molar-refractivity contribution in [2.24, 2.45) is 5.41 Å². The van der Waals surface area contributed by atoms with Crippen molar-refractivity contribution >= 4 is 28.8 Å². The molecule has 0 radical (unpaired) electrons. The van der Waals surface area contributed by atoms with E-state index in [9.17, 15) is 4.79 Å². The van der Waals surface area contributed by atoms with Crippen LogP contribution >= 0.6 is 22.9 Å². The molecule has 2 saturated heterocycles. The van der Waals surface area contributed by atoms with Crippen LogP contribution in [0.1, 0.15) is 34.5 Å². The van der Waals surface area contributed by atoms with Crippen LogP contribution in [0.2, 0.25) is 5.02 Å². The lowest BCUT2D eigenvalue weighted by Crippen LogP contribution is -2.43. The van der Waals surface area contributed by atoms with E-state index in [1.807, 2.05) is 29.2 Å². The van der Waals surface area contributed by atoms with Crippen LogP contribution in [0.5, 0.6) is 0 Å². The van der Waals surface area contributed by atoms with Gasteiger partial charge in [0.05, 0.1) is 4.88 Å². The summed E-state index contributed by atoms with van der Waals surface area (Å²) in [6.07, 6.45) is 3.50. The van der Waals surface area contributed by atoms with Crippen molar-refractivity contribution in [3.8, 4) is 10.4 Å². The number of rotatable bonds is 2. The number of thiophene rings is 1. The number of piperidine rings is 1. The van der Waals surface area contributed by atoms with Crippen LogP contribution in [0.3, 0.4) is 0 Å². The van der Waals surface area contributed by atoms with E-state index in [0.29, 0.717) is 5.41 Å². The lowest BCUT2D eigenvalue weighted by Gasteiger charge is -2.38. The summed E-state index contributed by atoms with van der Waals surface area (Å²) in [5, 5.41) is 4.21. The van der Waals surface area contributed by atoms with Gasteiger partial charge in [0.15, 0.2) is 0 Å². The molecule has 2 aromatic rings. The first-order chi connectivity index (χ1) is 12.1. The van der Waals surface area contributed by atoms with Crippen LogP contribution in [0.4, 0.5) is 0 Å². The number of carbonyl (C=O) groups excluding carboxylic acids is 1. The minimum atomic E-state index is 0.183. The average molecular weight is 375 g/mol. The number of nitrogens with zero attached hydrogens (tertiary/aromatic N) is 1. The Morgan fingerprint density at radius 1 is 1.24 bits per heavy atom. The molecule has 2 aliphatic heterocycles. The Labute approximate surface area is 158 Å². The van der Waals surface area contributed by atoms with Crippen LogP contribution < -0.4 is 5.32 Å². The van der Waals surface area contributed by atoms with Crippen LogP contribution in [0.25, 0.3) is 10.4 Å². The number of hydrogen-bond donors (Lipinski definition) is 1. The molecule has 0 bridgehead atoms. The third-order valence-corrected chi connectivity index (χ3v) is 7.17. The largest absolute Gasteiger partial charge is 0.338 e. The Morgan fingerprint density at radius 3 is 2.72 bits per heavy atom. The normalized spacial score (nSPS) is 19.5. The van der Waals surface area contributed by atoms with E-state index >= 15 is 0 Å². The van der Waals surface area contributed by atoms with E-state index < -0.39 is 0 Å². The second-order valence-electron chi connectivity index (χ2n) is 7.35. The fraction of sp³-hybridized carbons (Fsp3) is 0.450. The minimum absolute atomic E-state index is 0.183. The van der Waals surface area contributed by atoms with Gasteiger partial charge in [0, 0.05) is 29.5 Å². The molecule has 0 saturated carbocycles. The summed E-state index contributed by atoms with van der Waals surface area (Å²) in [7, 11) is 0. The van der Waals surface area contributed by atoms with Gasteiger partial charge in [0.1, 0.15) is 0 Å². The van der Waals surface area contributed by atoms with Crippen molar-refractivity contribution in [1.29, 1.82) is 0 Å². The van der Waals surface area contributed by atoms with Crippen molar-refractivity contribution in [3.63, 3.8) is 0 Å². The van der Waals surface area contributed by atoms with Gasteiger partial charge in [-0.2, -0.15) is 0 Å². The molecule has 3 heterocycles. The monoisotopic (exact) mass is 374 g/mol. The SMILES string of the molecule is Cc1cc(C(=O)N2CCC3(CCNC3)CC2)sc1-c1cccc(Cl)c1. The molecular formula is C20H23ClN2OS. The second kappa shape index (κ2) is 6.75. The fourth-order valence-electron chi connectivity index (χ4n) is 4.07. The van der Waals surface area contributed by atoms with Gasteiger partial charge < -0.3 is 10.2 Å². The standard InChI is InChI=1S/C20H23ClN2OS/c1-14-11-17(25-18(14)15-3-2-4-16(21)12-15)19(24)23-9-6-20(7-10-23)5-8-22-13-20/h2-4,11-12,22H,5-10,13H2,1H3. The zero-order chi connectivity index (χ0) is 17.4. The predicted octanol–water partition coefficient (Wildman–Crippen LogP) is 4.59. The van der Waals surface area contributed by atoms with Gasteiger partial charge in [-0.05, 0) is 67.5 Å². The van der Waals surface area contributed by atoms with Crippen LogP contribution in [0.15, 0.2) is 30.3 Å². The van der Waals surface area contributed by atoms with E-state index in [2.05, 4.69) is 18.3 Å². The lowest BCUT2D eigenvalue weighted by molar-refractivity contribution is 0.0612. The molecule has 5 heteroatoms. The minimum Gasteiger partial charge on any atom is -0.338 e. The quantitative estimate of drug-likeness (QED) is 0.833. The molecular weight excluding hydrogens is 352 g/mol. The Morgan fingerprint density at radius 2 is 2.04 bits per heavy atom. The van der Waals surface area contributed by atoms with Crippen LogP contribution in [0, 0.1) is 12.3 Å². The van der Waals surface area contributed by atoms with Gasteiger partial charge in [0.2, 0.25) is 0 Å². The molecule has 3 nitrogen and oxygen atoms in total. The summed E-state index contributed by atoms with van der Waals surface area (Å²) in [6.45, 7) is 6.07. The number of carbonyl (C=O) groups is 1. The lowest BCUT2D eigenvalue weighted by atomic mass is 9.78. The zero-order valence-electron chi connectivity index (χ0n) is 14.5. The molecule has 1 aromatic heterocycles. The first-order valence-corrected chi connectivity index (χ1v) is 10.1. The smallest absolute Gasteiger partial charge is 0.263 e. The number of nitrogens with one attached hydrogen (secondary N) is 1. The highest BCUT2D eigenvalue weighted by Gasteiger charge is 2.38. The van der Waals surface area contributed by atoms with Crippen LogP contribution in [-0.4, -0.2) is 37.0 Å². The summed E-state index contributed by atoms with van der Waals surface area (Å²) < 4.78 is 0. The summed E-state index contributed by atoms with van der Waals surface area (Å²) >= 11 is 7.71. The number of benzene rings is 1. The van der Waals surface area contributed by atoms with Crippen molar-refractivity contribution < 1.29 is 4.79 Å². The average Bonchev–Trinajstić information content (AvgIpc) is 3.22. The molecule has 1 spiro atoms. The Balaban J connectivity index is 1.51. The molecule has 1 amide bonds. The van der Waals surface area contributed by atoms with E-state index in [1.165, 1.54) is 6.42 Å². The zero-order valence-corrected chi connectivity index (χ0v) is 16.1. The molecule has 25 heavy (non-hydrogen) atoms. The summed E-state index contributed by atoms with van der Waals surface area (Å²) in [5.74, 6) is 0.183. The van der Waals surface area contributed by atoms with Crippen molar-refractivity contribution in [1.82, 2.24) is 10.2 Å². The number of aryl methyl sites for hydroxylation is 1. The highest BCUT2D eigenvalue weighted by Crippen LogP contribution is 2.38. The maximum atomic E-state index is 13.0. The highest BCUT2D eigenvalue weighted by atomic mass is 35.5. The second-order valence-corrected chi connectivity index (χ2v) is 8.84. The Kier molecular flexibility index (Phi) is 4.61. The number of likely N-dealkylation sites (tertiary alicyclic amines) is 1. The highest BCUT2D eigenvalue weighted by molar-refractivity contribution is 7.17. The van der Waals surface area contributed by atoms with Gasteiger partial charge in [-0.25, -0.2) is 0 Å². The van der Waals surface area contributed by atoms with Crippen molar-refractivity contribution in [2.45, 2.75) is 26.2 Å². The molecule has 2 aliphatic rings. The molecule has 4 rings (SSSR count). The third kappa shape index (κ3) is 3.35. The van der Waals surface area contributed by atoms with E-state index in [4.69, 9.17) is 11.6 Å². The van der Waals surface area contributed by atoms with E-state index in [1.54, 1.807) is 11.3 Å². The predicted molar refractivity (Wildman–Crippen MR) is 105 cm³/mol. The molecule has 1 N–H and O–H groups in total. The van der Waals surface area contributed by atoms with Crippen molar-refractivity contribution in [3.05, 3.63) is 45.8 Å². The maximum Gasteiger partial charge on any atom is 0.263 e. The van der Waals surface area contributed by atoms with E-state index in [0.717, 1.165) is 64.9 Å². The number of amides is 1. The fourth-order valence-corrected chi connectivity index (χ4v) is 5.39. The Hall–Kier alpha value is -1.36. The molecule has 132 valence electrons. The first kappa shape index (κ1) is 17.1. The summed E-state index contributed by atoms with van der Waals surface area (Å²) in [5.41, 5.74) is 2.67. The van der Waals surface area contributed by atoms with Gasteiger partial charge in [0.25, 0.3) is 5.91 Å². The van der Waals surface area contributed by atoms with E-state index in [-0.39, 0.29) is 5.91 Å². The van der Waals surface area contributed by atoms with Gasteiger partial charge >= 0.3 is 0 Å². The number of hydrogen-bond acceptors (Lipinski definition) is 3. The van der Waals surface area contributed by atoms with Crippen LogP contribution in [-0.2, 0) is 0 Å². The molecule has 0 atom stereocenters.